The third-order valence-electron chi connectivity index (χ3n) is 6.98. The van der Waals surface area contributed by atoms with Gasteiger partial charge in [0.15, 0.2) is 0 Å². The highest BCUT2D eigenvalue weighted by Gasteiger charge is 2.52. The van der Waals surface area contributed by atoms with Gasteiger partial charge in [-0.05, 0) is 40.1 Å². The van der Waals surface area contributed by atoms with Crippen molar-refractivity contribution in [1.29, 1.82) is 0 Å². The fourth-order valence-corrected chi connectivity index (χ4v) is 10.0. The SMILES string of the molecule is C=CC[C@]1(C)CC[C@H](O[Si](c2ccccc2)(c2ccccc2)C(C)(C)C)c2cocc21. The lowest BCUT2D eigenvalue weighted by molar-refractivity contribution is 0.150. The second kappa shape index (κ2) is 8.29. The van der Waals surface area contributed by atoms with Crippen molar-refractivity contribution >= 4 is 18.7 Å². The van der Waals surface area contributed by atoms with E-state index in [4.69, 9.17) is 8.84 Å². The van der Waals surface area contributed by atoms with E-state index in [1.807, 2.05) is 18.6 Å². The van der Waals surface area contributed by atoms with Crippen LogP contribution in [0.3, 0.4) is 0 Å². The smallest absolute Gasteiger partial charge is 0.261 e. The Kier molecular flexibility index (Phi) is 5.84. The van der Waals surface area contributed by atoms with E-state index < -0.39 is 8.32 Å². The normalized spacial score (nSPS) is 21.5. The number of rotatable bonds is 6. The highest BCUT2D eigenvalue weighted by molar-refractivity contribution is 6.99. The van der Waals surface area contributed by atoms with Crippen molar-refractivity contribution in [1.82, 2.24) is 0 Å². The average molecular weight is 431 g/mol. The number of hydrogen-bond acceptors (Lipinski definition) is 2. The molecule has 0 amide bonds. The molecule has 4 rings (SSSR count). The molecular weight excluding hydrogens is 396 g/mol. The zero-order valence-corrected chi connectivity index (χ0v) is 20.2. The van der Waals surface area contributed by atoms with E-state index in [1.165, 1.54) is 21.5 Å². The largest absolute Gasteiger partial charge is 0.472 e. The van der Waals surface area contributed by atoms with Gasteiger partial charge in [-0.25, -0.2) is 0 Å². The molecular formula is C28H34O2Si. The minimum Gasteiger partial charge on any atom is -0.472 e. The summed E-state index contributed by atoms with van der Waals surface area (Å²) in [5.41, 5.74) is 2.56. The van der Waals surface area contributed by atoms with Crippen molar-refractivity contribution in [2.45, 2.75) is 63.5 Å². The number of benzene rings is 2. The number of allylic oxidation sites excluding steroid dienone is 1. The summed E-state index contributed by atoms with van der Waals surface area (Å²) in [4.78, 5) is 0. The molecule has 0 N–H and O–H groups in total. The van der Waals surface area contributed by atoms with Crippen LogP contribution in [-0.2, 0) is 9.84 Å². The van der Waals surface area contributed by atoms with Gasteiger partial charge in [0, 0.05) is 11.1 Å². The van der Waals surface area contributed by atoms with Gasteiger partial charge in [0.2, 0.25) is 0 Å². The van der Waals surface area contributed by atoms with Gasteiger partial charge in [0.1, 0.15) is 0 Å². The molecule has 0 spiro atoms. The summed E-state index contributed by atoms with van der Waals surface area (Å²) in [5.74, 6) is 0. The van der Waals surface area contributed by atoms with Crippen molar-refractivity contribution < 1.29 is 8.84 Å². The quantitative estimate of drug-likeness (QED) is 0.328. The Morgan fingerprint density at radius 1 is 1.03 bits per heavy atom. The molecule has 2 aromatic carbocycles. The molecule has 2 atom stereocenters. The first-order chi connectivity index (χ1) is 14.8. The van der Waals surface area contributed by atoms with E-state index in [0.717, 1.165) is 19.3 Å². The molecule has 31 heavy (non-hydrogen) atoms. The Labute approximate surface area is 188 Å². The summed E-state index contributed by atoms with van der Waals surface area (Å²) in [6.07, 6.45) is 8.90. The van der Waals surface area contributed by atoms with Gasteiger partial charge in [-0.2, -0.15) is 0 Å². The molecule has 1 aliphatic carbocycles. The Morgan fingerprint density at radius 2 is 1.61 bits per heavy atom. The number of furan rings is 1. The molecule has 0 saturated heterocycles. The predicted octanol–water partition coefficient (Wildman–Crippen LogP) is 6.52. The van der Waals surface area contributed by atoms with Gasteiger partial charge in [0.05, 0.1) is 18.6 Å². The zero-order valence-electron chi connectivity index (χ0n) is 19.2. The summed E-state index contributed by atoms with van der Waals surface area (Å²) in [6.45, 7) is 13.3. The van der Waals surface area contributed by atoms with Crippen LogP contribution in [0.2, 0.25) is 5.04 Å². The Morgan fingerprint density at radius 3 is 2.13 bits per heavy atom. The summed E-state index contributed by atoms with van der Waals surface area (Å²) < 4.78 is 13.2. The lowest BCUT2D eigenvalue weighted by Crippen LogP contribution is -2.67. The molecule has 0 bridgehead atoms. The zero-order chi connectivity index (χ0) is 22.1. The van der Waals surface area contributed by atoms with E-state index in [1.54, 1.807) is 0 Å². The molecule has 2 nitrogen and oxygen atoms in total. The first kappa shape index (κ1) is 21.9. The highest BCUT2D eigenvalue weighted by Crippen LogP contribution is 2.49. The number of hydrogen-bond donors (Lipinski definition) is 0. The topological polar surface area (TPSA) is 22.4 Å². The van der Waals surface area contributed by atoms with Crippen molar-refractivity contribution in [3.8, 4) is 0 Å². The molecule has 0 saturated carbocycles. The molecule has 0 aliphatic heterocycles. The molecule has 1 aromatic heterocycles. The van der Waals surface area contributed by atoms with Crippen LogP contribution in [0, 0.1) is 0 Å². The molecule has 0 fully saturated rings. The van der Waals surface area contributed by atoms with Gasteiger partial charge in [-0.1, -0.05) is 94.4 Å². The molecule has 0 unspecified atom stereocenters. The Balaban J connectivity index is 1.86. The van der Waals surface area contributed by atoms with Gasteiger partial charge in [-0.3, -0.25) is 0 Å². The van der Waals surface area contributed by atoms with Crippen molar-refractivity contribution in [2.24, 2.45) is 0 Å². The molecule has 3 aromatic rings. The van der Waals surface area contributed by atoms with Crippen LogP contribution in [0.1, 0.15) is 64.2 Å². The van der Waals surface area contributed by atoms with Crippen molar-refractivity contribution in [3.05, 3.63) is 97.0 Å². The summed E-state index contributed by atoms with van der Waals surface area (Å²) in [7, 11) is -2.61. The first-order valence-electron chi connectivity index (χ1n) is 11.3. The lowest BCUT2D eigenvalue weighted by Gasteiger charge is -2.47. The van der Waals surface area contributed by atoms with Crippen LogP contribution in [0.4, 0.5) is 0 Å². The highest BCUT2D eigenvalue weighted by atomic mass is 28.4. The van der Waals surface area contributed by atoms with E-state index >= 15 is 0 Å². The molecule has 3 heteroatoms. The second-order valence-electron chi connectivity index (χ2n) is 10.1. The molecule has 0 radical (unpaired) electrons. The average Bonchev–Trinajstić information content (AvgIpc) is 3.26. The van der Waals surface area contributed by atoms with E-state index in [-0.39, 0.29) is 16.6 Å². The van der Waals surface area contributed by atoms with Crippen molar-refractivity contribution in [2.75, 3.05) is 0 Å². The standard InChI is InChI=1S/C28H34O2Si/c1-6-18-28(5)19-17-26(24-20-29-21-25(24)28)30-31(27(2,3)4,22-13-9-7-10-14-22)23-15-11-8-12-16-23/h6-16,20-21,26H,1,17-19H2,2-5H3/t26-,28+/m0/s1. The van der Waals surface area contributed by atoms with Gasteiger partial charge in [-0.15, -0.1) is 6.58 Å². The van der Waals surface area contributed by atoms with Crippen LogP contribution >= 0.6 is 0 Å². The summed E-state index contributed by atoms with van der Waals surface area (Å²) in [6, 6.07) is 21.8. The number of fused-ring (bicyclic) bond motifs is 1. The summed E-state index contributed by atoms with van der Waals surface area (Å²) >= 11 is 0. The van der Waals surface area contributed by atoms with Gasteiger partial charge < -0.3 is 8.84 Å². The second-order valence-corrected chi connectivity index (χ2v) is 14.4. The summed E-state index contributed by atoms with van der Waals surface area (Å²) in [5, 5.41) is 2.60. The minimum atomic E-state index is -2.61. The van der Waals surface area contributed by atoms with Crippen LogP contribution in [0.15, 0.2) is 90.3 Å². The van der Waals surface area contributed by atoms with Crippen LogP contribution in [0.5, 0.6) is 0 Å². The minimum absolute atomic E-state index is 0.0259. The van der Waals surface area contributed by atoms with Gasteiger partial charge in [0.25, 0.3) is 8.32 Å². The maximum atomic E-state index is 7.42. The Bertz CT molecular complexity index is 976. The van der Waals surface area contributed by atoms with Crippen LogP contribution < -0.4 is 10.4 Å². The van der Waals surface area contributed by atoms with E-state index in [2.05, 4.69) is 94.9 Å². The Hall–Kier alpha value is -2.36. The monoisotopic (exact) mass is 430 g/mol. The maximum Gasteiger partial charge on any atom is 0.261 e. The first-order valence-corrected chi connectivity index (χ1v) is 13.2. The third kappa shape index (κ3) is 3.75. The molecule has 1 heterocycles. The third-order valence-corrected chi connectivity index (χ3v) is 12.0. The van der Waals surface area contributed by atoms with Crippen LogP contribution in [-0.4, -0.2) is 8.32 Å². The van der Waals surface area contributed by atoms with Gasteiger partial charge >= 0.3 is 0 Å². The van der Waals surface area contributed by atoms with Crippen LogP contribution in [0.25, 0.3) is 0 Å². The lowest BCUT2D eigenvalue weighted by atomic mass is 9.70. The predicted molar refractivity (Wildman–Crippen MR) is 132 cm³/mol. The maximum absolute atomic E-state index is 7.42. The van der Waals surface area contributed by atoms with Crippen molar-refractivity contribution in [3.63, 3.8) is 0 Å². The fraction of sp³-hybridized carbons (Fsp3) is 0.357. The van der Waals surface area contributed by atoms with E-state index in [0.29, 0.717) is 0 Å². The van der Waals surface area contributed by atoms with E-state index in [9.17, 15) is 0 Å². The molecule has 162 valence electrons. The fourth-order valence-electron chi connectivity index (χ4n) is 5.34. The molecule has 1 aliphatic rings.